The Morgan fingerprint density at radius 1 is 1.40 bits per heavy atom. The molecule has 0 aromatic heterocycles. The Balaban J connectivity index is 2.60. The van der Waals surface area contributed by atoms with Crippen molar-refractivity contribution >= 4 is 23.4 Å². The highest BCUT2D eigenvalue weighted by atomic mass is 35.5. The van der Waals surface area contributed by atoms with Crippen molar-refractivity contribution in [2.24, 2.45) is 0 Å². The van der Waals surface area contributed by atoms with Crippen LogP contribution in [0.5, 0.6) is 0 Å². The van der Waals surface area contributed by atoms with Gasteiger partial charge in [0, 0.05) is 22.2 Å². The lowest BCUT2D eigenvalue weighted by molar-refractivity contribution is 0.279. The maximum atomic E-state index is 9.17. The molecule has 0 aliphatic carbocycles. The first kappa shape index (κ1) is 12.8. The van der Waals surface area contributed by atoms with Gasteiger partial charge in [-0.2, -0.15) is 0 Å². The zero-order chi connectivity index (χ0) is 11.3. The van der Waals surface area contributed by atoms with Gasteiger partial charge in [-0.25, -0.2) is 0 Å². The van der Waals surface area contributed by atoms with Crippen LogP contribution in [0.2, 0.25) is 5.02 Å². The van der Waals surface area contributed by atoms with E-state index < -0.39 is 0 Å². The van der Waals surface area contributed by atoms with Gasteiger partial charge in [-0.15, -0.1) is 11.8 Å². The number of rotatable bonds is 5. The van der Waals surface area contributed by atoms with Crippen molar-refractivity contribution in [3.8, 4) is 0 Å². The van der Waals surface area contributed by atoms with E-state index in [9.17, 15) is 0 Å². The van der Waals surface area contributed by atoms with Crippen molar-refractivity contribution in [3.63, 3.8) is 0 Å². The summed E-state index contributed by atoms with van der Waals surface area (Å²) >= 11 is 7.60. The number of hydrogen-bond acceptors (Lipinski definition) is 3. The number of thioether (sulfide) groups is 1. The summed E-state index contributed by atoms with van der Waals surface area (Å²) in [5, 5.41) is 9.85. The zero-order valence-electron chi connectivity index (χ0n) is 9.03. The van der Waals surface area contributed by atoms with Crippen LogP contribution >= 0.6 is 23.4 Å². The van der Waals surface area contributed by atoms with Crippen LogP contribution in [-0.2, 0) is 6.61 Å². The van der Waals surface area contributed by atoms with Gasteiger partial charge >= 0.3 is 0 Å². The first-order valence-electron chi connectivity index (χ1n) is 4.80. The molecule has 0 spiro atoms. The fourth-order valence-electron chi connectivity index (χ4n) is 1.15. The molecule has 0 radical (unpaired) electrons. The molecular weight excluding hydrogens is 230 g/mol. The molecule has 4 heteroatoms. The van der Waals surface area contributed by atoms with Gasteiger partial charge in [0.1, 0.15) is 0 Å². The van der Waals surface area contributed by atoms with Crippen molar-refractivity contribution in [1.82, 2.24) is 4.90 Å². The first-order chi connectivity index (χ1) is 7.13. The topological polar surface area (TPSA) is 23.5 Å². The van der Waals surface area contributed by atoms with Crippen LogP contribution in [0.4, 0.5) is 0 Å². The fourth-order valence-corrected chi connectivity index (χ4v) is 2.49. The summed E-state index contributed by atoms with van der Waals surface area (Å²) < 4.78 is 0. The summed E-state index contributed by atoms with van der Waals surface area (Å²) in [4.78, 5) is 3.25. The van der Waals surface area contributed by atoms with E-state index in [0.29, 0.717) is 5.02 Å². The molecule has 0 heterocycles. The van der Waals surface area contributed by atoms with Gasteiger partial charge in [0.15, 0.2) is 0 Å². The van der Waals surface area contributed by atoms with Crippen LogP contribution in [0.1, 0.15) is 5.56 Å². The third-order valence-corrected chi connectivity index (χ3v) is 3.32. The van der Waals surface area contributed by atoms with Gasteiger partial charge in [-0.3, -0.25) is 0 Å². The standard InChI is InChI=1S/C11H16ClNOS/c1-13(2)5-6-15-11-4-3-10(12)7-9(11)8-14/h3-4,7,14H,5-6,8H2,1-2H3. The molecule has 84 valence electrons. The molecule has 15 heavy (non-hydrogen) atoms. The minimum atomic E-state index is 0.0465. The Morgan fingerprint density at radius 2 is 2.13 bits per heavy atom. The summed E-state index contributed by atoms with van der Waals surface area (Å²) in [6, 6.07) is 5.65. The monoisotopic (exact) mass is 245 g/mol. The second-order valence-electron chi connectivity index (χ2n) is 3.56. The van der Waals surface area contributed by atoms with Crippen LogP contribution in [0.3, 0.4) is 0 Å². The van der Waals surface area contributed by atoms with E-state index in [4.69, 9.17) is 16.7 Å². The highest BCUT2D eigenvalue weighted by Gasteiger charge is 2.03. The molecule has 0 amide bonds. The molecule has 0 saturated carbocycles. The molecule has 0 bridgehead atoms. The van der Waals surface area contributed by atoms with Gasteiger partial charge in [0.05, 0.1) is 6.61 Å². The second-order valence-corrected chi connectivity index (χ2v) is 5.14. The van der Waals surface area contributed by atoms with Gasteiger partial charge in [0.25, 0.3) is 0 Å². The van der Waals surface area contributed by atoms with Crippen molar-refractivity contribution in [3.05, 3.63) is 28.8 Å². The Morgan fingerprint density at radius 3 is 2.73 bits per heavy atom. The molecule has 0 unspecified atom stereocenters. The summed E-state index contributed by atoms with van der Waals surface area (Å²) in [7, 11) is 4.10. The summed E-state index contributed by atoms with van der Waals surface area (Å²) in [6.45, 7) is 1.07. The van der Waals surface area contributed by atoms with E-state index in [1.165, 1.54) is 0 Å². The third kappa shape index (κ3) is 4.43. The lowest BCUT2D eigenvalue weighted by atomic mass is 10.2. The lowest BCUT2D eigenvalue weighted by Gasteiger charge is -2.10. The average molecular weight is 246 g/mol. The van der Waals surface area contributed by atoms with Gasteiger partial charge in [-0.1, -0.05) is 11.6 Å². The average Bonchev–Trinajstić information content (AvgIpc) is 2.19. The van der Waals surface area contributed by atoms with Crippen LogP contribution in [0.25, 0.3) is 0 Å². The van der Waals surface area contributed by atoms with Crippen LogP contribution in [-0.4, -0.2) is 36.4 Å². The quantitative estimate of drug-likeness (QED) is 0.807. The minimum Gasteiger partial charge on any atom is -0.392 e. The number of aliphatic hydroxyl groups is 1. The smallest absolute Gasteiger partial charge is 0.0693 e. The summed E-state index contributed by atoms with van der Waals surface area (Å²) in [5.41, 5.74) is 0.909. The van der Waals surface area contributed by atoms with E-state index in [0.717, 1.165) is 22.8 Å². The molecule has 0 aliphatic rings. The normalized spacial score (nSPS) is 11.0. The lowest BCUT2D eigenvalue weighted by Crippen LogP contribution is -2.14. The minimum absolute atomic E-state index is 0.0465. The van der Waals surface area contributed by atoms with E-state index in [1.54, 1.807) is 11.8 Å². The van der Waals surface area contributed by atoms with Crippen molar-refractivity contribution in [1.29, 1.82) is 0 Å². The van der Waals surface area contributed by atoms with Gasteiger partial charge < -0.3 is 10.0 Å². The number of benzene rings is 1. The molecule has 0 saturated heterocycles. The first-order valence-corrected chi connectivity index (χ1v) is 6.16. The van der Waals surface area contributed by atoms with E-state index in [2.05, 4.69) is 19.0 Å². The van der Waals surface area contributed by atoms with Crippen molar-refractivity contribution < 1.29 is 5.11 Å². The van der Waals surface area contributed by atoms with Gasteiger partial charge in [0.2, 0.25) is 0 Å². The predicted molar refractivity (Wildman–Crippen MR) is 66.7 cm³/mol. The third-order valence-electron chi connectivity index (χ3n) is 1.99. The Labute approximate surface area is 100 Å². The predicted octanol–water partition coefficient (Wildman–Crippen LogP) is 2.49. The summed E-state index contributed by atoms with van der Waals surface area (Å²) in [6.07, 6.45) is 0. The highest BCUT2D eigenvalue weighted by Crippen LogP contribution is 2.25. The van der Waals surface area contributed by atoms with E-state index >= 15 is 0 Å². The molecular formula is C11H16ClNOS. The summed E-state index contributed by atoms with van der Waals surface area (Å²) in [5.74, 6) is 1.02. The van der Waals surface area contributed by atoms with E-state index in [1.807, 2.05) is 18.2 Å². The highest BCUT2D eigenvalue weighted by molar-refractivity contribution is 7.99. The Kier molecular flexibility index (Phi) is 5.47. The SMILES string of the molecule is CN(C)CCSc1ccc(Cl)cc1CO. The molecule has 1 aromatic carbocycles. The Hall–Kier alpha value is -0.220. The molecule has 0 atom stereocenters. The van der Waals surface area contributed by atoms with E-state index in [-0.39, 0.29) is 6.61 Å². The Bertz CT molecular complexity index is 317. The molecule has 1 rings (SSSR count). The molecule has 1 aromatic rings. The van der Waals surface area contributed by atoms with Gasteiger partial charge in [-0.05, 0) is 37.9 Å². The maximum Gasteiger partial charge on any atom is 0.0693 e. The zero-order valence-corrected chi connectivity index (χ0v) is 10.6. The molecule has 0 fully saturated rings. The number of aliphatic hydroxyl groups excluding tert-OH is 1. The number of nitrogens with zero attached hydrogens (tertiary/aromatic N) is 1. The number of hydrogen-bond donors (Lipinski definition) is 1. The largest absolute Gasteiger partial charge is 0.392 e. The second kappa shape index (κ2) is 6.38. The fraction of sp³-hybridized carbons (Fsp3) is 0.455. The molecule has 1 N–H and O–H groups in total. The molecule has 0 aliphatic heterocycles. The maximum absolute atomic E-state index is 9.17. The van der Waals surface area contributed by atoms with Crippen LogP contribution < -0.4 is 0 Å². The van der Waals surface area contributed by atoms with Crippen LogP contribution in [0.15, 0.2) is 23.1 Å². The van der Waals surface area contributed by atoms with Crippen molar-refractivity contribution in [2.75, 3.05) is 26.4 Å². The number of halogens is 1. The van der Waals surface area contributed by atoms with Crippen molar-refractivity contribution in [2.45, 2.75) is 11.5 Å². The molecule has 2 nitrogen and oxygen atoms in total. The van der Waals surface area contributed by atoms with Crippen LogP contribution in [0, 0.1) is 0 Å².